The fourth-order valence-electron chi connectivity index (χ4n) is 2.80. The number of ether oxygens (including phenoxy) is 1. The SMILES string of the molecule is CCCCCOc1ccc(C(=O)CCC(=O)Nc2cccc(NC(=O)CC)c2)cc1. The zero-order chi connectivity index (χ0) is 21.8. The van der Waals surface area contributed by atoms with Crippen LogP contribution in [0.5, 0.6) is 5.75 Å². The highest BCUT2D eigenvalue weighted by Crippen LogP contribution is 2.17. The van der Waals surface area contributed by atoms with Gasteiger partial charge in [0.25, 0.3) is 0 Å². The van der Waals surface area contributed by atoms with Crippen LogP contribution in [-0.2, 0) is 9.59 Å². The Balaban J connectivity index is 1.79. The van der Waals surface area contributed by atoms with Gasteiger partial charge in [0, 0.05) is 36.2 Å². The van der Waals surface area contributed by atoms with Crippen molar-refractivity contribution in [2.24, 2.45) is 0 Å². The minimum atomic E-state index is -0.252. The van der Waals surface area contributed by atoms with Gasteiger partial charge in [-0.3, -0.25) is 14.4 Å². The molecule has 0 atom stereocenters. The highest BCUT2D eigenvalue weighted by Gasteiger charge is 2.10. The van der Waals surface area contributed by atoms with E-state index in [2.05, 4.69) is 17.6 Å². The second kappa shape index (κ2) is 12.4. The van der Waals surface area contributed by atoms with Crippen molar-refractivity contribution in [1.29, 1.82) is 0 Å². The van der Waals surface area contributed by atoms with E-state index < -0.39 is 0 Å². The van der Waals surface area contributed by atoms with E-state index >= 15 is 0 Å². The molecule has 0 aliphatic carbocycles. The number of ketones is 1. The van der Waals surface area contributed by atoms with E-state index in [9.17, 15) is 14.4 Å². The average molecular weight is 411 g/mol. The third-order valence-electron chi connectivity index (χ3n) is 4.52. The maximum absolute atomic E-state index is 12.4. The van der Waals surface area contributed by atoms with E-state index in [1.807, 2.05) is 0 Å². The molecule has 6 heteroatoms. The number of amides is 2. The van der Waals surface area contributed by atoms with E-state index in [1.54, 1.807) is 55.5 Å². The standard InChI is InChI=1S/C24H30N2O4/c1-3-5-6-16-30-21-12-10-18(11-13-21)22(27)14-15-24(29)26-20-9-7-8-19(17-20)25-23(28)4-2/h7-13,17H,3-6,14-16H2,1-2H3,(H,25,28)(H,26,29). The van der Waals surface area contributed by atoms with Gasteiger partial charge >= 0.3 is 0 Å². The number of anilines is 2. The Hall–Kier alpha value is -3.15. The lowest BCUT2D eigenvalue weighted by atomic mass is 10.1. The van der Waals surface area contributed by atoms with E-state index in [4.69, 9.17) is 4.74 Å². The minimum Gasteiger partial charge on any atom is -0.494 e. The van der Waals surface area contributed by atoms with Crippen LogP contribution in [0.25, 0.3) is 0 Å². The van der Waals surface area contributed by atoms with Gasteiger partial charge in [0.2, 0.25) is 11.8 Å². The number of unbranched alkanes of at least 4 members (excludes halogenated alkanes) is 2. The van der Waals surface area contributed by atoms with Gasteiger partial charge in [0.15, 0.2) is 5.78 Å². The first-order valence-corrected chi connectivity index (χ1v) is 10.5. The molecule has 0 aromatic heterocycles. The topological polar surface area (TPSA) is 84.5 Å². The summed E-state index contributed by atoms with van der Waals surface area (Å²) in [6, 6.07) is 14.0. The van der Waals surface area contributed by atoms with Gasteiger partial charge in [-0.25, -0.2) is 0 Å². The first kappa shape index (κ1) is 23.1. The molecule has 0 saturated carbocycles. The molecule has 0 bridgehead atoms. The Bertz CT molecular complexity index is 847. The number of nitrogens with one attached hydrogen (secondary N) is 2. The smallest absolute Gasteiger partial charge is 0.224 e. The summed E-state index contributed by atoms with van der Waals surface area (Å²) in [5, 5.41) is 5.51. The lowest BCUT2D eigenvalue weighted by Crippen LogP contribution is -2.14. The molecule has 0 heterocycles. The third-order valence-corrected chi connectivity index (χ3v) is 4.52. The van der Waals surface area contributed by atoms with E-state index in [0.29, 0.717) is 30.0 Å². The van der Waals surface area contributed by atoms with Crippen LogP contribution in [0.15, 0.2) is 48.5 Å². The average Bonchev–Trinajstić information content (AvgIpc) is 2.75. The molecule has 2 aromatic carbocycles. The van der Waals surface area contributed by atoms with Gasteiger partial charge in [-0.1, -0.05) is 32.8 Å². The molecule has 0 fully saturated rings. The molecule has 2 amide bonds. The number of Topliss-reactive ketones (excluding diaryl/α,β-unsaturated/α-hetero) is 1. The summed E-state index contributed by atoms with van der Waals surface area (Å²) in [4.78, 5) is 36.0. The Kier molecular flexibility index (Phi) is 9.58. The zero-order valence-corrected chi connectivity index (χ0v) is 17.7. The third kappa shape index (κ3) is 8.07. The summed E-state index contributed by atoms with van der Waals surface area (Å²) < 4.78 is 5.65. The van der Waals surface area contributed by atoms with Gasteiger partial charge in [-0.2, -0.15) is 0 Å². The fourth-order valence-corrected chi connectivity index (χ4v) is 2.80. The van der Waals surface area contributed by atoms with Crippen LogP contribution >= 0.6 is 0 Å². The number of benzene rings is 2. The van der Waals surface area contributed by atoms with Crippen LogP contribution in [0.2, 0.25) is 0 Å². The van der Waals surface area contributed by atoms with Crippen molar-refractivity contribution < 1.29 is 19.1 Å². The lowest BCUT2D eigenvalue weighted by Gasteiger charge is -2.09. The summed E-state index contributed by atoms with van der Waals surface area (Å²) in [7, 11) is 0. The van der Waals surface area contributed by atoms with Crippen LogP contribution in [0.3, 0.4) is 0 Å². The molecule has 2 rings (SSSR count). The van der Waals surface area contributed by atoms with Crippen molar-refractivity contribution in [3.8, 4) is 5.75 Å². The van der Waals surface area contributed by atoms with Crippen molar-refractivity contribution in [1.82, 2.24) is 0 Å². The molecular formula is C24H30N2O4. The molecule has 0 aliphatic heterocycles. The fraction of sp³-hybridized carbons (Fsp3) is 0.375. The molecule has 160 valence electrons. The minimum absolute atomic E-state index is 0.0830. The Morgan fingerprint density at radius 2 is 1.50 bits per heavy atom. The monoisotopic (exact) mass is 410 g/mol. The first-order chi connectivity index (χ1) is 14.5. The van der Waals surface area contributed by atoms with Gasteiger partial charge in [0.05, 0.1) is 6.61 Å². The predicted molar refractivity (Wildman–Crippen MR) is 119 cm³/mol. The second-order valence-corrected chi connectivity index (χ2v) is 7.03. The predicted octanol–water partition coefficient (Wildman–Crippen LogP) is 5.21. The summed E-state index contributed by atoms with van der Waals surface area (Å²) >= 11 is 0. The Morgan fingerprint density at radius 1 is 0.833 bits per heavy atom. The molecule has 0 saturated heterocycles. The highest BCUT2D eigenvalue weighted by molar-refractivity contribution is 6.00. The van der Waals surface area contributed by atoms with E-state index in [-0.39, 0.29) is 30.4 Å². The first-order valence-electron chi connectivity index (χ1n) is 10.5. The molecule has 0 radical (unpaired) electrons. The zero-order valence-electron chi connectivity index (χ0n) is 17.7. The van der Waals surface area contributed by atoms with Crippen molar-refractivity contribution >= 4 is 29.0 Å². The lowest BCUT2D eigenvalue weighted by molar-refractivity contribution is -0.116. The summed E-state index contributed by atoms with van der Waals surface area (Å²) in [6.07, 6.45) is 3.88. The van der Waals surface area contributed by atoms with Gasteiger partial charge in [0.1, 0.15) is 5.75 Å². The van der Waals surface area contributed by atoms with Gasteiger partial charge < -0.3 is 15.4 Å². The Labute approximate surface area is 178 Å². The maximum Gasteiger partial charge on any atom is 0.224 e. The van der Waals surface area contributed by atoms with Crippen molar-refractivity contribution in [2.75, 3.05) is 17.2 Å². The highest BCUT2D eigenvalue weighted by atomic mass is 16.5. The van der Waals surface area contributed by atoms with Crippen molar-refractivity contribution in [2.45, 2.75) is 52.4 Å². The van der Waals surface area contributed by atoms with Crippen molar-refractivity contribution in [3.05, 3.63) is 54.1 Å². The maximum atomic E-state index is 12.4. The molecule has 6 nitrogen and oxygen atoms in total. The van der Waals surface area contributed by atoms with Crippen LogP contribution in [0.4, 0.5) is 11.4 Å². The van der Waals surface area contributed by atoms with Crippen LogP contribution in [-0.4, -0.2) is 24.2 Å². The summed E-state index contributed by atoms with van der Waals surface area (Å²) in [6.45, 7) is 4.58. The number of hydrogen-bond donors (Lipinski definition) is 2. The molecule has 2 aromatic rings. The molecule has 2 N–H and O–H groups in total. The molecule has 0 unspecified atom stereocenters. The Morgan fingerprint density at radius 3 is 2.13 bits per heavy atom. The molecule has 30 heavy (non-hydrogen) atoms. The van der Waals surface area contributed by atoms with E-state index in [1.165, 1.54) is 0 Å². The number of carbonyl (C=O) groups excluding carboxylic acids is 3. The van der Waals surface area contributed by atoms with Crippen LogP contribution in [0.1, 0.15) is 62.7 Å². The molecular weight excluding hydrogens is 380 g/mol. The summed E-state index contributed by atoms with van der Waals surface area (Å²) in [5.41, 5.74) is 1.76. The number of hydrogen-bond acceptors (Lipinski definition) is 4. The van der Waals surface area contributed by atoms with Crippen molar-refractivity contribution in [3.63, 3.8) is 0 Å². The van der Waals surface area contributed by atoms with Crippen LogP contribution in [0, 0.1) is 0 Å². The second-order valence-electron chi connectivity index (χ2n) is 7.03. The summed E-state index contributed by atoms with van der Waals surface area (Å²) in [5.74, 6) is 0.307. The largest absolute Gasteiger partial charge is 0.494 e. The van der Waals surface area contributed by atoms with Gasteiger partial charge in [-0.05, 0) is 48.9 Å². The normalized spacial score (nSPS) is 10.3. The van der Waals surface area contributed by atoms with Crippen LogP contribution < -0.4 is 15.4 Å². The number of carbonyl (C=O) groups is 3. The van der Waals surface area contributed by atoms with Gasteiger partial charge in [-0.15, -0.1) is 0 Å². The van der Waals surface area contributed by atoms with E-state index in [0.717, 1.165) is 25.0 Å². The number of rotatable bonds is 12. The quantitative estimate of drug-likeness (QED) is 0.372. The molecule has 0 spiro atoms. The molecule has 0 aliphatic rings.